The van der Waals surface area contributed by atoms with Crippen LogP contribution in [-0.2, 0) is 25.6 Å². The SMILES string of the molecule is CC(C)(C)OC[C@@H](NC(=O)CC[C@H](NCc1cc(Oc2ccccc2)ncc1N)C1CCCCC1)C(=O)N1CCOCC1. The van der Waals surface area contributed by atoms with Gasteiger partial charge in [-0.25, -0.2) is 4.98 Å². The summed E-state index contributed by atoms with van der Waals surface area (Å²) in [5.74, 6) is 1.40. The fourth-order valence-electron chi connectivity index (χ4n) is 5.65. The summed E-state index contributed by atoms with van der Waals surface area (Å²) >= 11 is 0. The highest BCUT2D eigenvalue weighted by Crippen LogP contribution is 2.29. The Morgan fingerprint density at radius 2 is 1.84 bits per heavy atom. The molecule has 1 aromatic carbocycles. The fourth-order valence-corrected chi connectivity index (χ4v) is 5.65. The van der Waals surface area contributed by atoms with Gasteiger partial charge in [-0.15, -0.1) is 0 Å². The predicted octanol–water partition coefficient (Wildman–Crippen LogP) is 4.43. The third kappa shape index (κ3) is 10.8. The molecule has 10 heteroatoms. The van der Waals surface area contributed by atoms with Crippen molar-refractivity contribution in [1.82, 2.24) is 20.5 Å². The van der Waals surface area contributed by atoms with E-state index in [4.69, 9.17) is 19.9 Å². The number of ether oxygens (including phenoxy) is 3. The minimum atomic E-state index is -0.731. The molecule has 10 nitrogen and oxygen atoms in total. The molecule has 4 rings (SSSR count). The number of morpholine rings is 1. The normalized spacial score (nSPS) is 17.7. The van der Waals surface area contributed by atoms with Gasteiger partial charge in [0.05, 0.1) is 37.3 Å². The lowest BCUT2D eigenvalue weighted by molar-refractivity contribution is -0.143. The molecule has 2 atom stereocenters. The molecule has 1 aliphatic carbocycles. The molecule has 2 aromatic rings. The van der Waals surface area contributed by atoms with E-state index in [-0.39, 0.29) is 24.5 Å². The number of hydrogen-bond donors (Lipinski definition) is 3. The fraction of sp³-hybridized carbons (Fsp3) is 0.606. The molecule has 1 aromatic heterocycles. The Bertz CT molecular complexity index is 1160. The Morgan fingerprint density at radius 1 is 1.12 bits per heavy atom. The number of nitrogens with one attached hydrogen (secondary N) is 2. The van der Waals surface area contributed by atoms with Gasteiger partial charge in [-0.1, -0.05) is 37.5 Å². The van der Waals surface area contributed by atoms with Crippen LogP contribution in [0.25, 0.3) is 0 Å². The van der Waals surface area contributed by atoms with Crippen LogP contribution < -0.4 is 21.1 Å². The molecular weight excluding hydrogens is 546 g/mol. The quantitative estimate of drug-likeness (QED) is 0.310. The Labute approximate surface area is 256 Å². The van der Waals surface area contributed by atoms with E-state index in [0.29, 0.717) is 68.9 Å². The largest absolute Gasteiger partial charge is 0.439 e. The topological polar surface area (TPSA) is 128 Å². The number of para-hydroxylation sites is 1. The van der Waals surface area contributed by atoms with Crippen molar-refractivity contribution in [3.63, 3.8) is 0 Å². The minimum absolute atomic E-state index is 0.121. The van der Waals surface area contributed by atoms with E-state index in [1.54, 1.807) is 11.1 Å². The standard InChI is InChI=1S/C33H49N5O5/c1-33(2,3)42-23-29(32(40)38-16-18-41-19-17-38)37-30(39)15-14-28(24-10-6-4-7-11-24)35-21-25-20-31(36-22-27(25)34)43-26-12-8-5-9-13-26/h5,8-9,12-13,20,22,24,28-29,35H,4,6-7,10-11,14-19,21,23,34H2,1-3H3,(H,37,39)/t28-,29+/m0/s1. The lowest BCUT2D eigenvalue weighted by atomic mass is 9.82. The Balaban J connectivity index is 1.38. The van der Waals surface area contributed by atoms with Crippen molar-refractivity contribution in [3.8, 4) is 11.6 Å². The molecule has 4 N–H and O–H groups in total. The molecular formula is C33H49N5O5. The van der Waals surface area contributed by atoms with Crippen LogP contribution in [0.1, 0.15) is 71.3 Å². The third-order valence-electron chi connectivity index (χ3n) is 8.06. The number of nitrogens with zero attached hydrogens (tertiary/aromatic N) is 2. The first-order chi connectivity index (χ1) is 20.7. The first kappa shape index (κ1) is 32.7. The molecule has 2 amide bonds. The van der Waals surface area contributed by atoms with Crippen molar-refractivity contribution in [3.05, 3.63) is 48.2 Å². The maximum absolute atomic E-state index is 13.3. The maximum atomic E-state index is 13.3. The molecule has 2 heterocycles. The zero-order chi connectivity index (χ0) is 30.7. The average Bonchev–Trinajstić information content (AvgIpc) is 3.01. The molecule has 1 saturated heterocycles. The van der Waals surface area contributed by atoms with Gasteiger partial charge >= 0.3 is 0 Å². The van der Waals surface area contributed by atoms with Gasteiger partial charge in [-0.2, -0.15) is 0 Å². The van der Waals surface area contributed by atoms with Gasteiger partial charge in [-0.05, 0) is 63.6 Å². The van der Waals surface area contributed by atoms with E-state index in [1.165, 1.54) is 19.3 Å². The maximum Gasteiger partial charge on any atom is 0.247 e. The van der Waals surface area contributed by atoms with E-state index in [1.807, 2.05) is 57.2 Å². The molecule has 0 bridgehead atoms. The number of hydrogen-bond acceptors (Lipinski definition) is 8. The smallest absolute Gasteiger partial charge is 0.247 e. The average molecular weight is 596 g/mol. The van der Waals surface area contributed by atoms with E-state index in [9.17, 15) is 9.59 Å². The molecule has 2 aliphatic rings. The van der Waals surface area contributed by atoms with Crippen molar-refractivity contribution >= 4 is 17.5 Å². The Kier molecular flexibility index (Phi) is 12.2. The monoisotopic (exact) mass is 595 g/mol. The zero-order valence-corrected chi connectivity index (χ0v) is 26.0. The summed E-state index contributed by atoms with van der Waals surface area (Å²) in [6, 6.07) is 10.8. The number of nitrogens with two attached hydrogens (primary N) is 1. The molecule has 0 radical (unpaired) electrons. The summed E-state index contributed by atoms with van der Waals surface area (Å²) in [6.45, 7) is 8.54. The van der Waals surface area contributed by atoms with Crippen LogP contribution in [0, 0.1) is 5.92 Å². The number of carbonyl (C=O) groups is 2. The van der Waals surface area contributed by atoms with Crippen LogP contribution >= 0.6 is 0 Å². The van der Waals surface area contributed by atoms with Crippen LogP contribution in [-0.4, -0.2) is 72.3 Å². The van der Waals surface area contributed by atoms with Gasteiger partial charge in [0.2, 0.25) is 17.7 Å². The molecule has 1 saturated carbocycles. The van der Waals surface area contributed by atoms with E-state index >= 15 is 0 Å². The molecule has 0 unspecified atom stereocenters. The highest BCUT2D eigenvalue weighted by Gasteiger charge is 2.30. The minimum Gasteiger partial charge on any atom is -0.439 e. The van der Waals surface area contributed by atoms with Crippen molar-refractivity contribution < 1.29 is 23.8 Å². The second kappa shape index (κ2) is 16.0. The number of pyridine rings is 1. The van der Waals surface area contributed by atoms with Gasteiger partial charge in [0.1, 0.15) is 11.8 Å². The van der Waals surface area contributed by atoms with Crippen molar-refractivity contribution in [2.75, 3.05) is 38.6 Å². The van der Waals surface area contributed by atoms with E-state index in [0.717, 1.165) is 18.4 Å². The number of amides is 2. The number of carbonyl (C=O) groups excluding carboxylic acids is 2. The van der Waals surface area contributed by atoms with Gasteiger partial charge in [-0.3, -0.25) is 9.59 Å². The first-order valence-electron chi connectivity index (χ1n) is 15.7. The molecule has 236 valence electrons. The summed E-state index contributed by atoms with van der Waals surface area (Å²) in [7, 11) is 0. The van der Waals surface area contributed by atoms with Crippen molar-refractivity contribution in [1.29, 1.82) is 0 Å². The number of benzene rings is 1. The number of anilines is 1. The lowest BCUT2D eigenvalue weighted by Gasteiger charge is -2.33. The summed E-state index contributed by atoms with van der Waals surface area (Å²) in [6.07, 6.45) is 8.50. The van der Waals surface area contributed by atoms with Crippen LogP contribution in [0.2, 0.25) is 0 Å². The molecule has 0 spiro atoms. The second-order valence-corrected chi connectivity index (χ2v) is 12.5. The first-order valence-corrected chi connectivity index (χ1v) is 15.7. The van der Waals surface area contributed by atoms with Gasteiger partial charge in [0.25, 0.3) is 0 Å². The summed E-state index contributed by atoms with van der Waals surface area (Å²) < 4.78 is 17.3. The molecule has 43 heavy (non-hydrogen) atoms. The van der Waals surface area contributed by atoms with Crippen LogP contribution in [0.5, 0.6) is 11.6 Å². The van der Waals surface area contributed by atoms with Crippen LogP contribution in [0.4, 0.5) is 5.69 Å². The van der Waals surface area contributed by atoms with Crippen molar-refractivity contribution in [2.45, 2.75) is 89.9 Å². The predicted molar refractivity (Wildman–Crippen MR) is 167 cm³/mol. The summed E-state index contributed by atoms with van der Waals surface area (Å²) in [4.78, 5) is 32.7. The summed E-state index contributed by atoms with van der Waals surface area (Å²) in [5.41, 5.74) is 7.37. The van der Waals surface area contributed by atoms with Gasteiger partial charge in [0.15, 0.2) is 0 Å². The number of aromatic nitrogens is 1. The Hall–Kier alpha value is -3.21. The van der Waals surface area contributed by atoms with Gasteiger partial charge in [0, 0.05) is 38.2 Å². The van der Waals surface area contributed by atoms with E-state index < -0.39 is 11.6 Å². The van der Waals surface area contributed by atoms with E-state index in [2.05, 4.69) is 15.6 Å². The number of nitrogen functional groups attached to an aromatic ring is 1. The Morgan fingerprint density at radius 3 is 2.53 bits per heavy atom. The molecule has 2 fully saturated rings. The number of rotatable bonds is 13. The van der Waals surface area contributed by atoms with Gasteiger partial charge < -0.3 is 35.5 Å². The van der Waals surface area contributed by atoms with Crippen LogP contribution in [0.3, 0.4) is 0 Å². The lowest BCUT2D eigenvalue weighted by Crippen LogP contribution is -2.54. The zero-order valence-electron chi connectivity index (χ0n) is 26.0. The highest BCUT2D eigenvalue weighted by molar-refractivity contribution is 5.87. The second-order valence-electron chi connectivity index (χ2n) is 12.5. The molecule has 1 aliphatic heterocycles. The summed E-state index contributed by atoms with van der Waals surface area (Å²) in [5, 5.41) is 6.70. The van der Waals surface area contributed by atoms with Crippen LogP contribution in [0.15, 0.2) is 42.6 Å². The third-order valence-corrected chi connectivity index (χ3v) is 8.06. The highest BCUT2D eigenvalue weighted by atomic mass is 16.5. The van der Waals surface area contributed by atoms with Crippen molar-refractivity contribution in [2.24, 2.45) is 5.92 Å².